The van der Waals surface area contributed by atoms with Gasteiger partial charge in [0.2, 0.25) is 10.0 Å². The van der Waals surface area contributed by atoms with Crippen LogP contribution in [0.4, 0.5) is 0 Å². The van der Waals surface area contributed by atoms with Crippen LogP contribution in [0, 0.1) is 0 Å². The molecule has 35 heavy (non-hydrogen) atoms. The number of morpholine rings is 1. The number of ether oxygens (including phenoxy) is 1. The number of hydrogen-bond acceptors (Lipinski definition) is 6. The standard InChI is InChI=1S/C26H34N2O5S2/c29-26(30)20-28(15-14-27-16-18-33-19-17-27)35(31,32)25-9-5-4-8-24(25)21-10-12-23(13-11-21)34-22-6-2-1-3-7-22/h4-5,8-13,22H,1-3,6-7,14-20H2,(H,29,30). The zero-order chi connectivity index (χ0) is 24.7. The molecule has 190 valence electrons. The number of aliphatic carboxylic acids is 1. The van der Waals surface area contributed by atoms with E-state index in [9.17, 15) is 18.3 Å². The summed E-state index contributed by atoms with van der Waals surface area (Å²) < 4.78 is 33.8. The zero-order valence-electron chi connectivity index (χ0n) is 20.0. The molecule has 0 aromatic heterocycles. The number of carbonyl (C=O) groups is 1. The maximum absolute atomic E-state index is 13.7. The van der Waals surface area contributed by atoms with Gasteiger partial charge in [0.15, 0.2) is 0 Å². The van der Waals surface area contributed by atoms with E-state index in [4.69, 9.17) is 4.74 Å². The topological polar surface area (TPSA) is 87.2 Å². The Hall–Kier alpha value is -1.91. The normalized spacial score (nSPS) is 18.1. The van der Waals surface area contributed by atoms with Crippen LogP contribution < -0.4 is 0 Å². The molecule has 1 saturated carbocycles. The Morgan fingerprint density at radius 3 is 2.40 bits per heavy atom. The van der Waals surface area contributed by atoms with Crippen molar-refractivity contribution in [1.29, 1.82) is 0 Å². The minimum atomic E-state index is -4.02. The van der Waals surface area contributed by atoms with E-state index in [-0.39, 0.29) is 11.4 Å². The van der Waals surface area contributed by atoms with E-state index in [0.717, 1.165) is 9.87 Å². The zero-order valence-corrected chi connectivity index (χ0v) is 21.6. The summed E-state index contributed by atoms with van der Waals surface area (Å²) in [7, 11) is -4.02. The summed E-state index contributed by atoms with van der Waals surface area (Å²) in [6, 6.07) is 14.9. The summed E-state index contributed by atoms with van der Waals surface area (Å²) in [5.74, 6) is -1.17. The van der Waals surface area contributed by atoms with Crippen molar-refractivity contribution in [1.82, 2.24) is 9.21 Å². The lowest BCUT2D eigenvalue weighted by Crippen LogP contribution is -2.44. The molecule has 0 atom stereocenters. The Morgan fingerprint density at radius 1 is 1.03 bits per heavy atom. The largest absolute Gasteiger partial charge is 0.480 e. The van der Waals surface area contributed by atoms with Gasteiger partial charge in [-0.25, -0.2) is 8.42 Å². The van der Waals surface area contributed by atoms with Crippen LogP contribution in [0.1, 0.15) is 32.1 Å². The van der Waals surface area contributed by atoms with Gasteiger partial charge in [0.05, 0.1) is 18.1 Å². The molecule has 2 aromatic carbocycles. The molecule has 1 aliphatic carbocycles. The molecule has 2 fully saturated rings. The van der Waals surface area contributed by atoms with E-state index in [1.807, 2.05) is 30.0 Å². The van der Waals surface area contributed by atoms with Crippen LogP contribution in [-0.2, 0) is 19.6 Å². The Labute approximate surface area is 212 Å². The summed E-state index contributed by atoms with van der Waals surface area (Å²) in [6.07, 6.45) is 6.40. The minimum absolute atomic E-state index is 0.111. The molecule has 2 aliphatic rings. The molecule has 1 saturated heterocycles. The number of benzene rings is 2. The first-order valence-corrected chi connectivity index (χ1v) is 14.6. The second-order valence-corrected chi connectivity index (χ2v) is 12.4. The Morgan fingerprint density at radius 2 is 1.71 bits per heavy atom. The monoisotopic (exact) mass is 518 g/mol. The molecule has 1 aliphatic heterocycles. The fraction of sp³-hybridized carbons (Fsp3) is 0.500. The van der Waals surface area contributed by atoms with Gasteiger partial charge in [-0.1, -0.05) is 49.6 Å². The predicted octanol–water partition coefficient (Wildman–Crippen LogP) is 4.19. The highest BCUT2D eigenvalue weighted by Gasteiger charge is 2.29. The van der Waals surface area contributed by atoms with Crippen molar-refractivity contribution >= 4 is 27.8 Å². The van der Waals surface area contributed by atoms with Crippen molar-refractivity contribution in [2.75, 3.05) is 45.9 Å². The Bertz CT molecular complexity index is 1080. The average molecular weight is 519 g/mol. The molecular formula is C26H34N2O5S2. The van der Waals surface area contributed by atoms with Gasteiger partial charge < -0.3 is 9.84 Å². The van der Waals surface area contributed by atoms with Gasteiger partial charge in [0.1, 0.15) is 6.54 Å². The highest BCUT2D eigenvalue weighted by Crippen LogP contribution is 2.35. The molecule has 4 rings (SSSR count). The molecule has 9 heteroatoms. The quantitative estimate of drug-likeness (QED) is 0.505. The van der Waals surface area contributed by atoms with Crippen molar-refractivity contribution in [3.8, 4) is 11.1 Å². The van der Waals surface area contributed by atoms with Crippen LogP contribution in [0.25, 0.3) is 11.1 Å². The molecule has 0 radical (unpaired) electrons. The Balaban J connectivity index is 1.54. The van der Waals surface area contributed by atoms with Crippen LogP contribution in [0.15, 0.2) is 58.3 Å². The summed E-state index contributed by atoms with van der Waals surface area (Å²) in [5, 5.41) is 10.1. The van der Waals surface area contributed by atoms with Gasteiger partial charge in [-0.05, 0) is 36.6 Å². The first-order valence-electron chi connectivity index (χ1n) is 12.3. The van der Waals surface area contributed by atoms with Crippen molar-refractivity contribution in [3.05, 3.63) is 48.5 Å². The van der Waals surface area contributed by atoms with Crippen molar-refractivity contribution < 1.29 is 23.1 Å². The van der Waals surface area contributed by atoms with E-state index in [0.29, 0.717) is 43.7 Å². The second-order valence-electron chi connectivity index (χ2n) is 9.08. The number of carboxylic acid groups (broad SMARTS) is 1. The third kappa shape index (κ3) is 7.07. The van der Waals surface area contributed by atoms with Crippen molar-refractivity contribution in [3.63, 3.8) is 0 Å². The van der Waals surface area contributed by atoms with E-state index in [1.165, 1.54) is 37.0 Å². The highest BCUT2D eigenvalue weighted by molar-refractivity contribution is 8.00. The lowest BCUT2D eigenvalue weighted by molar-refractivity contribution is -0.137. The molecule has 0 unspecified atom stereocenters. The van der Waals surface area contributed by atoms with E-state index in [1.54, 1.807) is 18.2 Å². The second kappa shape index (κ2) is 12.4. The molecule has 7 nitrogen and oxygen atoms in total. The summed E-state index contributed by atoms with van der Waals surface area (Å²) >= 11 is 1.90. The number of hydrogen-bond donors (Lipinski definition) is 1. The van der Waals surface area contributed by atoms with Crippen LogP contribution in [0.3, 0.4) is 0 Å². The highest BCUT2D eigenvalue weighted by atomic mass is 32.2. The van der Waals surface area contributed by atoms with E-state index in [2.05, 4.69) is 17.0 Å². The number of sulfonamides is 1. The lowest BCUT2D eigenvalue weighted by Gasteiger charge is -2.29. The lowest BCUT2D eigenvalue weighted by atomic mass is 10.0. The first kappa shape index (κ1) is 26.2. The van der Waals surface area contributed by atoms with Crippen LogP contribution in [0.2, 0.25) is 0 Å². The van der Waals surface area contributed by atoms with E-state index >= 15 is 0 Å². The van der Waals surface area contributed by atoms with Crippen LogP contribution >= 0.6 is 11.8 Å². The fourth-order valence-corrected chi connectivity index (χ4v) is 7.51. The fourth-order valence-electron chi connectivity index (χ4n) is 4.67. The van der Waals surface area contributed by atoms with Gasteiger partial charge in [-0.15, -0.1) is 11.8 Å². The maximum atomic E-state index is 13.7. The SMILES string of the molecule is O=C(O)CN(CCN1CCOCC1)S(=O)(=O)c1ccccc1-c1ccc(SC2CCCCC2)cc1. The Kier molecular flexibility index (Phi) is 9.24. The molecule has 0 bridgehead atoms. The average Bonchev–Trinajstić information content (AvgIpc) is 2.88. The van der Waals surface area contributed by atoms with Gasteiger partial charge in [0.25, 0.3) is 0 Å². The summed E-state index contributed by atoms with van der Waals surface area (Å²) in [5.41, 5.74) is 1.39. The number of carboxylic acids is 1. The van der Waals surface area contributed by atoms with Gasteiger partial charge in [-0.2, -0.15) is 4.31 Å². The molecular weight excluding hydrogens is 484 g/mol. The molecule has 1 heterocycles. The third-order valence-electron chi connectivity index (χ3n) is 6.61. The van der Waals surface area contributed by atoms with Gasteiger partial charge in [-0.3, -0.25) is 9.69 Å². The van der Waals surface area contributed by atoms with Crippen molar-refractivity contribution in [2.45, 2.75) is 47.1 Å². The number of thioether (sulfide) groups is 1. The van der Waals surface area contributed by atoms with Gasteiger partial charge in [0, 0.05) is 41.9 Å². The molecule has 0 amide bonds. The number of nitrogens with zero attached hydrogens (tertiary/aromatic N) is 2. The third-order valence-corrected chi connectivity index (χ3v) is 9.86. The number of rotatable bonds is 10. The first-order chi connectivity index (χ1) is 16.9. The van der Waals surface area contributed by atoms with Crippen LogP contribution in [0.5, 0.6) is 0 Å². The van der Waals surface area contributed by atoms with Crippen molar-refractivity contribution in [2.24, 2.45) is 0 Å². The smallest absolute Gasteiger partial charge is 0.318 e. The maximum Gasteiger partial charge on any atom is 0.318 e. The molecule has 0 spiro atoms. The molecule has 2 aromatic rings. The van der Waals surface area contributed by atoms with E-state index < -0.39 is 22.5 Å². The predicted molar refractivity (Wildman–Crippen MR) is 138 cm³/mol. The summed E-state index contributed by atoms with van der Waals surface area (Å²) in [6.45, 7) is 2.63. The molecule has 1 N–H and O–H groups in total. The minimum Gasteiger partial charge on any atom is -0.480 e. The van der Waals surface area contributed by atoms with Gasteiger partial charge >= 0.3 is 5.97 Å². The van der Waals surface area contributed by atoms with Crippen LogP contribution in [-0.4, -0.2) is 79.9 Å². The summed E-state index contributed by atoms with van der Waals surface area (Å²) in [4.78, 5) is 15.0.